The molecule has 0 aromatic carbocycles. The molecular weight excluding hydrogens is 236 g/mol. The summed E-state index contributed by atoms with van der Waals surface area (Å²) in [6.07, 6.45) is -0.516. The van der Waals surface area contributed by atoms with Crippen LogP contribution in [0.2, 0.25) is 0 Å². The molecule has 0 rings (SSSR count). The summed E-state index contributed by atoms with van der Waals surface area (Å²) in [5, 5.41) is 14.0. The van der Waals surface area contributed by atoms with Gasteiger partial charge in [0.25, 0.3) is 0 Å². The molecule has 6 heteroatoms. The molecule has 0 bridgehead atoms. The van der Waals surface area contributed by atoms with Crippen LogP contribution in [0.3, 0.4) is 0 Å². The molecular formula is C12H24N2O4. The van der Waals surface area contributed by atoms with E-state index in [0.29, 0.717) is 0 Å². The first-order valence-corrected chi connectivity index (χ1v) is 6.06. The SMILES string of the molecule is CC(C)NC(=O)[C@H](CCO)NC(=O)OC(C)(C)C. The van der Waals surface area contributed by atoms with Gasteiger partial charge in [0.05, 0.1) is 0 Å². The first-order chi connectivity index (χ1) is 8.15. The van der Waals surface area contributed by atoms with Crippen LogP contribution in [0, 0.1) is 0 Å². The average molecular weight is 260 g/mol. The number of hydrogen-bond donors (Lipinski definition) is 3. The number of nitrogens with one attached hydrogen (secondary N) is 2. The quantitative estimate of drug-likeness (QED) is 0.682. The molecule has 1 atom stereocenters. The van der Waals surface area contributed by atoms with E-state index in [1.807, 2.05) is 13.8 Å². The summed E-state index contributed by atoms with van der Waals surface area (Å²) in [4.78, 5) is 23.3. The van der Waals surface area contributed by atoms with Crippen molar-refractivity contribution in [2.45, 2.75) is 58.7 Å². The Labute approximate surface area is 108 Å². The number of ether oxygens (including phenoxy) is 1. The normalized spacial score (nSPS) is 13.1. The summed E-state index contributed by atoms with van der Waals surface area (Å²) in [6, 6.07) is -0.814. The van der Waals surface area contributed by atoms with Gasteiger partial charge in [-0.05, 0) is 41.0 Å². The van der Waals surface area contributed by atoms with Crippen molar-refractivity contribution in [1.29, 1.82) is 0 Å². The molecule has 18 heavy (non-hydrogen) atoms. The number of alkyl carbamates (subject to hydrolysis) is 1. The van der Waals surface area contributed by atoms with Gasteiger partial charge >= 0.3 is 6.09 Å². The second kappa shape index (κ2) is 7.20. The van der Waals surface area contributed by atoms with E-state index in [9.17, 15) is 9.59 Å². The van der Waals surface area contributed by atoms with Crippen LogP contribution >= 0.6 is 0 Å². The fraction of sp³-hybridized carbons (Fsp3) is 0.833. The largest absolute Gasteiger partial charge is 0.444 e. The Hall–Kier alpha value is -1.30. The predicted molar refractivity (Wildman–Crippen MR) is 68.1 cm³/mol. The average Bonchev–Trinajstić information content (AvgIpc) is 2.12. The summed E-state index contributed by atoms with van der Waals surface area (Å²) < 4.78 is 5.06. The van der Waals surface area contributed by atoms with Crippen LogP contribution in [0.5, 0.6) is 0 Å². The molecule has 0 saturated carbocycles. The number of hydrogen-bond acceptors (Lipinski definition) is 4. The van der Waals surface area contributed by atoms with E-state index >= 15 is 0 Å². The topological polar surface area (TPSA) is 87.7 Å². The van der Waals surface area contributed by atoms with Crippen molar-refractivity contribution in [3.8, 4) is 0 Å². The van der Waals surface area contributed by atoms with Gasteiger partial charge in [-0.2, -0.15) is 0 Å². The van der Waals surface area contributed by atoms with Gasteiger partial charge in [0.1, 0.15) is 11.6 Å². The Morgan fingerprint density at radius 2 is 1.78 bits per heavy atom. The van der Waals surface area contributed by atoms with Crippen LogP contribution in [0.4, 0.5) is 4.79 Å². The molecule has 2 amide bonds. The Kier molecular flexibility index (Phi) is 6.68. The molecule has 0 aromatic rings. The third kappa shape index (κ3) is 7.89. The van der Waals surface area contributed by atoms with E-state index in [1.165, 1.54) is 0 Å². The van der Waals surface area contributed by atoms with Crippen LogP contribution in [-0.2, 0) is 9.53 Å². The van der Waals surface area contributed by atoms with Gasteiger partial charge < -0.3 is 20.5 Å². The molecule has 0 aliphatic rings. The molecule has 0 aliphatic carbocycles. The highest BCUT2D eigenvalue weighted by Crippen LogP contribution is 2.07. The second-order valence-electron chi connectivity index (χ2n) is 5.37. The smallest absolute Gasteiger partial charge is 0.408 e. The maximum atomic E-state index is 11.8. The zero-order valence-electron chi connectivity index (χ0n) is 11.7. The molecule has 0 aromatic heterocycles. The molecule has 0 spiro atoms. The number of rotatable bonds is 5. The van der Waals surface area contributed by atoms with Gasteiger partial charge in [-0.3, -0.25) is 4.79 Å². The van der Waals surface area contributed by atoms with Crippen LogP contribution < -0.4 is 10.6 Å². The third-order valence-electron chi connectivity index (χ3n) is 1.86. The lowest BCUT2D eigenvalue weighted by molar-refractivity contribution is -0.124. The lowest BCUT2D eigenvalue weighted by Crippen LogP contribution is -2.50. The van der Waals surface area contributed by atoms with E-state index < -0.39 is 17.7 Å². The Morgan fingerprint density at radius 3 is 2.17 bits per heavy atom. The summed E-state index contributed by atoms with van der Waals surface area (Å²) in [5.74, 6) is -0.329. The molecule has 0 aliphatic heterocycles. The highest BCUT2D eigenvalue weighted by Gasteiger charge is 2.24. The van der Waals surface area contributed by atoms with Gasteiger partial charge in [-0.15, -0.1) is 0 Å². The lowest BCUT2D eigenvalue weighted by Gasteiger charge is -2.23. The van der Waals surface area contributed by atoms with E-state index in [1.54, 1.807) is 20.8 Å². The van der Waals surface area contributed by atoms with Crippen molar-refractivity contribution < 1.29 is 19.4 Å². The van der Waals surface area contributed by atoms with Crippen molar-refractivity contribution in [3.63, 3.8) is 0 Å². The summed E-state index contributed by atoms with van der Waals surface area (Å²) >= 11 is 0. The fourth-order valence-electron chi connectivity index (χ4n) is 1.23. The zero-order valence-corrected chi connectivity index (χ0v) is 11.7. The van der Waals surface area contributed by atoms with Crippen LogP contribution in [0.15, 0.2) is 0 Å². The summed E-state index contributed by atoms with van der Waals surface area (Å²) in [6.45, 7) is 8.67. The minimum absolute atomic E-state index is 0.0286. The second-order valence-corrected chi connectivity index (χ2v) is 5.37. The van der Waals surface area contributed by atoms with Crippen molar-refractivity contribution in [1.82, 2.24) is 10.6 Å². The third-order valence-corrected chi connectivity index (χ3v) is 1.86. The van der Waals surface area contributed by atoms with Crippen molar-refractivity contribution in [2.75, 3.05) is 6.61 Å². The zero-order chi connectivity index (χ0) is 14.3. The predicted octanol–water partition coefficient (Wildman–Crippen LogP) is 0.787. The Balaban J connectivity index is 4.43. The van der Waals surface area contributed by atoms with Gasteiger partial charge in [-0.1, -0.05) is 0 Å². The summed E-state index contributed by atoms with van der Waals surface area (Å²) in [5.41, 5.74) is -0.623. The maximum Gasteiger partial charge on any atom is 0.408 e. The molecule has 3 N–H and O–H groups in total. The number of aliphatic hydroxyl groups excluding tert-OH is 1. The molecule has 0 saturated heterocycles. The Bertz CT molecular complexity index is 284. The molecule has 6 nitrogen and oxygen atoms in total. The molecule has 0 fully saturated rings. The van der Waals surface area contributed by atoms with E-state index in [-0.39, 0.29) is 25.0 Å². The van der Waals surface area contributed by atoms with E-state index in [4.69, 9.17) is 9.84 Å². The molecule has 0 unspecified atom stereocenters. The van der Waals surface area contributed by atoms with Crippen LogP contribution in [0.1, 0.15) is 41.0 Å². The molecule has 106 valence electrons. The van der Waals surface area contributed by atoms with Crippen molar-refractivity contribution in [3.05, 3.63) is 0 Å². The monoisotopic (exact) mass is 260 g/mol. The van der Waals surface area contributed by atoms with Gasteiger partial charge in [0, 0.05) is 12.6 Å². The minimum Gasteiger partial charge on any atom is -0.444 e. The Morgan fingerprint density at radius 1 is 1.22 bits per heavy atom. The standard InChI is InChI=1S/C12H24N2O4/c1-8(2)13-10(16)9(6-7-15)14-11(17)18-12(3,4)5/h8-9,15H,6-7H2,1-5H3,(H,13,16)(H,14,17)/t9-/m0/s1. The first kappa shape index (κ1) is 16.7. The van der Waals surface area contributed by atoms with Crippen molar-refractivity contribution in [2.24, 2.45) is 0 Å². The van der Waals surface area contributed by atoms with Crippen LogP contribution in [0.25, 0.3) is 0 Å². The first-order valence-electron chi connectivity index (χ1n) is 6.06. The highest BCUT2D eigenvalue weighted by atomic mass is 16.6. The lowest BCUT2D eigenvalue weighted by atomic mass is 10.2. The minimum atomic E-state index is -0.785. The highest BCUT2D eigenvalue weighted by molar-refractivity contribution is 5.85. The van der Waals surface area contributed by atoms with E-state index in [0.717, 1.165) is 0 Å². The number of amides is 2. The number of carbonyl (C=O) groups excluding carboxylic acids is 2. The fourth-order valence-corrected chi connectivity index (χ4v) is 1.23. The molecule has 0 heterocycles. The summed E-state index contributed by atoms with van der Waals surface area (Å²) in [7, 11) is 0. The number of aliphatic hydroxyl groups is 1. The van der Waals surface area contributed by atoms with Crippen LogP contribution in [-0.4, -0.2) is 41.4 Å². The van der Waals surface area contributed by atoms with Gasteiger partial charge in [-0.25, -0.2) is 4.79 Å². The van der Waals surface area contributed by atoms with Crippen molar-refractivity contribution >= 4 is 12.0 Å². The van der Waals surface area contributed by atoms with E-state index in [2.05, 4.69) is 10.6 Å². The van der Waals surface area contributed by atoms with Gasteiger partial charge in [0.2, 0.25) is 5.91 Å². The van der Waals surface area contributed by atoms with Gasteiger partial charge in [0.15, 0.2) is 0 Å². The maximum absolute atomic E-state index is 11.8. The number of carbonyl (C=O) groups is 2. The molecule has 0 radical (unpaired) electrons.